The van der Waals surface area contributed by atoms with Crippen molar-refractivity contribution in [3.8, 4) is 5.75 Å². The summed E-state index contributed by atoms with van der Waals surface area (Å²) < 4.78 is 14.2. The maximum atomic E-state index is 12.8. The SMILES string of the molecule is Cn1c2cc(SO)sc2c2cnn(Cc3cccc(O)c3)c(=O)c21. The number of thiophene rings is 1. The van der Waals surface area contributed by atoms with Crippen molar-refractivity contribution < 1.29 is 9.66 Å². The van der Waals surface area contributed by atoms with Crippen LogP contribution in [0.2, 0.25) is 0 Å². The van der Waals surface area contributed by atoms with Gasteiger partial charge in [-0.15, -0.1) is 11.3 Å². The number of phenolic OH excluding ortho intramolecular Hbond substituents is 1. The molecule has 0 saturated carbocycles. The molecular weight excluding hydrogens is 346 g/mol. The Bertz CT molecular complexity index is 1130. The van der Waals surface area contributed by atoms with Gasteiger partial charge in [0, 0.05) is 24.5 Å². The Morgan fingerprint density at radius 1 is 1.33 bits per heavy atom. The first-order valence-corrected chi connectivity index (χ1v) is 8.75. The highest BCUT2D eigenvalue weighted by Crippen LogP contribution is 2.36. The number of nitrogens with zero attached hydrogens (tertiary/aromatic N) is 3. The number of phenols is 1. The molecule has 24 heavy (non-hydrogen) atoms. The third kappa shape index (κ3) is 2.31. The van der Waals surface area contributed by atoms with Gasteiger partial charge in [-0.1, -0.05) is 12.1 Å². The van der Waals surface area contributed by atoms with Gasteiger partial charge in [-0.25, -0.2) is 4.68 Å². The lowest BCUT2D eigenvalue weighted by atomic mass is 10.2. The maximum Gasteiger partial charge on any atom is 0.291 e. The number of aromatic hydroxyl groups is 1. The van der Waals surface area contributed by atoms with Gasteiger partial charge in [0.15, 0.2) is 0 Å². The lowest BCUT2D eigenvalue weighted by Crippen LogP contribution is -2.24. The Hall–Kier alpha value is -2.29. The maximum absolute atomic E-state index is 12.8. The van der Waals surface area contributed by atoms with Crippen molar-refractivity contribution in [1.82, 2.24) is 14.3 Å². The molecule has 6 nitrogen and oxygen atoms in total. The Kier molecular flexibility index (Phi) is 3.60. The topological polar surface area (TPSA) is 80.3 Å². The van der Waals surface area contributed by atoms with E-state index in [1.54, 1.807) is 24.4 Å². The molecular formula is C16H13N3O3S2. The van der Waals surface area contributed by atoms with Crippen molar-refractivity contribution in [2.45, 2.75) is 10.8 Å². The Morgan fingerprint density at radius 2 is 2.17 bits per heavy atom. The minimum Gasteiger partial charge on any atom is -0.508 e. The average Bonchev–Trinajstić information content (AvgIpc) is 3.10. The zero-order valence-electron chi connectivity index (χ0n) is 12.6. The van der Waals surface area contributed by atoms with Crippen molar-refractivity contribution in [3.05, 3.63) is 52.4 Å². The molecule has 0 fully saturated rings. The summed E-state index contributed by atoms with van der Waals surface area (Å²) in [6.07, 6.45) is 1.68. The number of hydrogen-bond acceptors (Lipinski definition) is 6. The summed E-state index contributed by atoms with van der Waals surface area (Å²) in [5.74, 6) is 0.162. The van der Waals surface area contributed by atoms with Gasteiger partial charge in [0.25, 0.3) is 5.56 Å². The summed E-state index contributed by atoms with van der Waals surface area (Å²) in [6.45, 7) is 0.291. The van der Waals surface area contributed by atoms with Crippen LogP contribution in [0.1, 0.15) is 5.56 Å². The summed E-state index contributed by atoms with van der Waals surface area (Å²) in [5, 5.41) is 14.6. The van der Waals surface area contributed by atoms with Gasteiger partial charge in [-0.05, 0) is 23.8 Å². The number of aryl methyl sites for hydroxylation is 1. The van der Waals surface area contributed by atoms with Gasteiger partial charge in [0.2, 0.25) is 0 Å². The van der Waals surface area contributed by atoms with Crippen LogP contribution in [0, 0.1) is 0 Å². The normalized spacial score (nSPS) is 11.6. The van der Waals surface area contributed by atoms with Gasteiger partial charge >= 0.3 is 0 Å². The average molecular weight is 359 g/mol. The molecule has 0 aliphatic carbocycles. The third-order valence-electron chi connectivity index (χ3n) is 3.98. The minimum atomic E-state index is -0.181. The van der Waals surface area contributed by atoms with Crippen molar-refractivity contribution >= 4 is 44.5 Å². The third-order valence-corrected chi connectivity index (χ3v) is 5.71. The van der Waals surface area contributed by atoms with Crippen LogP contribution in [0.3, 0.4) is 0 Å². The number of fused-ring (bicyclic) bond motifs is 3. The molecule has 2 N–H and O–H groups in total. The fourth-order valence-corrected chi connectivity index (χ4v) is 4.37. The quantitative estimate of drug-likeness (QED) is 0.549. The molecule has 0 spiro atoms. The molecule has 3 heterocycles. The van der Waals surface area contributed by atoms with Crippen LogP contribution in [-0.4, -0.2) is 24.0 Å². The van der Waals surface area contributed by atoms with Gasteiger partial charge in [-0.3, -0.25) is 4.79 Å². The van der Waals surface area contributed by atoms with Crippen LogP contribution < -0.4 is 5.56 Å². The van der Waals surface area contributed by atoms with Crippen molar-refractivity contribution in [1.29, 1.82) is 0 Å². The van der Waals surface area contributed by atoms with Crippen LogP contribution in [0.15, 0.2) is 45.5 Å². The van der Waals surface area contributed by atoms with E-state index in [4.69, 9.17) is 0 Å². The van der Waals surface area contributed by atoms with Gasteiger partial charge in [0.1, 0.15) is 11.3 Å². The summed E-state index contributed by atoms with van der Waals surface area (Å²) in [6, 6.07) is 8.65. The molecule has 4 aromatic rings. The van der Waals surface area contributed by atoms with Crippen LogP contribution in [-0.2, 0) is 13.6 Å². The molecule has 3 aromatic heterocycles. The van der Waals surface area contributed by atoms with E-state index in [0.717, 1.165) is 25.4 Å². The van der Waals surface area contributed by atoms with Crippen molar-refractivity contribution in [3.63, 3.8) is 0 Å². The van der Waals surface area contributed by atoms with Gasteiger partial charge < -0.3 is 14.2 Å². The first-order chi connectivity index (χ1) is 11.6. The Balaban J connectivity index is 1.89. The summed E-state index contributed by atoms with van der Waals surface area (Å²) >= 11 is 2.14. The molecule has 0 radical (unpaired) electrons. The van der Waals surface area contributed by atoms with E-state index in [9.17, 15) is 14.5 Å². The van der Waals surface area contributed by atoms with Crippen LogP contribution in [0.25, 0.3) is 21.1 Å². The van der Waals surface area contributed by atoms with Crippen molar-refractivity contribution in [2.24, 2.45) is 7.05 Å². The second-order valence-corrected chi connectivity index (χ2v) is 7.40. The first-order valence-electron chi connectivity index (χ1n) is 7.16. The second kappa shape index (κ2) is 5.66. The fourth-order valence-electron chi connectivity index (χ4n) is 2.88. The molecule has 8 heteroatoms. The van der Waals surface area contributed by atoms with Crippen LogP contribution in [0.5, 0.6) is 5.75 Å². The molecule has 4 rings (SSSR count). The summed E-state index contributed by atoms with van der Waals surface area (Å²) in [4.78, 5) is 12.8. The smallest absolute Gasteiger partial charge is 0.291 e. The molecule has 0 aliphatic rings. The standard InChI is InChI=1S/C16H13N3O3S2/c1-18-12-6-13(24-22)23-15(12)11-7-17-19(16(21)14(11)18)8-9-3-2-4-10(20)5-9/h2-7,20,22H,8H2,1H3. The molecule has 0 amide bonds. The number of rotatable bonds is 3. The van der Waals surface area contributed by atoms with E-state index in [1.807, 2.05) is 23.7 Å². The van der Waals surface area contributed by atoms with E-state index >= 15 is 0 Å². The minimum absolute atomic E-state index is 0.162. The highest BCUT2D eigenvalue weighted by molar-refractivity contribution is 7.96. The number of benzene rings is 1. The monoisotopic (exact) mass is 359 g/mol. The molecule has 0 bridgehead atoms. The highest BCUT2D eigenvalue weighted by atomic mass is 32.2. The largest absolute Gasteiger partial charge is 0.508 e. The lowest BCUT2D eigenvalue weighted by Gasteiger charge is -2.06. The molecule has 122 valence electrons. The van der Waals surface area contributed by atoms with E-state index < -0.39 is 0 Å². The predicted molar refractivity (Wildman–Crippen MR) is 96.1 cm³/mol. The Labute approximate surface area is 144 Å². The Morgan fingerprint density at radius 3 is 2.92 bits per heavy atom. The summed E-state index contributed by atoms with van der Waals surface area (Å²) in [5.41, 5.74) is 2.11. The second-order valence-electron chi connectivity index (χ2n) is 5.47. The number of hydrogen-bond donors (Lipinski definition) is 2. The molecule has 0 aliphatic heterocycles. The number of aromatic nitrogens is 3. The molecule has 0 saturated heterocycles. The van der Waals surface area contributed by atoms with E-state index in [1.165, 1.54) is 16.0 Å². The van der Waals surface area contributed by atoms with Gasteiger partial charge in [-0.2, -0.15) is 5.10 Å². The van der Waals surface area contributed by atoms with E-state index in [-0.39, 0.29) is 11.3 Å². The predicted octanol–water partition coefficient (Wildman–Crippen LogP) is 3.27. The van der Waals surface area contributed by atoms with E-state index in [2.05, 4.69) is 5.10 Å². The zero-order valence-corrected chi connectivity index (χ0v) is 14.3. The zero-order chi connectivity index (χ0) is 16.8. The van der Waals surface area contributed by atoms with Crippen LogP contribution in [0.4, 0.5) is 0 Å². The molecule has 0 unspecified atom stereocenters. The molecule has 0 atom stereocenters. The van der Waals surface area contributed by atoms with Crippen molar-refractivity contribution in [2.75, 3.05) is 0 Å². The van der Waals surface area contributed by atoms with E-state index in [0.29, 0.717) is 24.1 Å². The molecule has 1 aromatic carbocycles. The first kappa shape index (κ1) is 15.3. The highest BCUT2D eigenvalue weighted by Gasteiger charge is 2.17. The van der Waals surface area contributed by atoms with Crippen LogP contribution >= 0.6 is 23.4 Å². The summed E-state index contributed by atoms with van der Waals surface area (Å²) in [7, 11) is 1.84. The fraction of sp³-hybridized carbons (Fsp3) is 0.125. The lowest BCUT2D eigenvalue weighted by molar-refractivity contribution is 0.474. The van der Waals surface area contributed by atoms with Gasteiger partial charge in [0.05, 0.1) is 27.2 Å².